The van der Waals surface area contributed by atoms with Crippen LogP contribution in [-0.2, 0) is 6.42 Å². The van der Waals surface area contributed by atoms with E-state index < -0.39 is 0 Å². The van der Waals surface area contributed by atoms with Crippen LogP contribution in [0.3, 0.4) is 0 Å². The normalized spacial score (nSPS) is 19.2. The van der Waals surface area contributed by atoms with Crippen molar-refractivity contribution in [2.45, 2.75) is 25.9 Å². The van der Waals surface area contributed by atoms with E-state index >= 15 is 0 Å². The third-order valence-corrected chi connectivity index (χ3v) is 3.34. The summed E-state index contributed by atoms with van der Waals surface area (Å²) in [5.74, 6) is 1.43. The van der Waals surface area contributed by atoms with Crippen LogP contribution in [-0.4, -0.2) is 30.9 Å². The Balaban J connectivity index is 1.92. The molecule has 0 aliphatic carbocycles. The molecule has 0 fully saturated rings. The third-order valence-electron chi connectivity index (χ3n) is 3.34. The highest BCUT2D eigenvalue weighted by molar-refractivity contribution is 5.52. The number of fused-ring (bicyclic) bond motifs is 1. The first kappa shape index (κ1) is 13.2. The van der Waals surface area contributed by atoms with Crippen LogP contribution in [0.2, 0.25) is 0 Å². The molecule has 4 nitrogen and oxygen atoms in total. The quantitative estimate of drug-likeness (QED) is 0.713. The molecule has 1 aromatic rings. The molecule has 1 aliphatic heterocycles. The Kier molecular flexibility index (Phi) is 4.44. The van der Waals surface area contributed by atoms with Gasteiger partial charge < -0.3 is 20.9 Å². The lowest BCUT2D eigenvalue weighted by Crippen LogP contribution is -2.24. The van der Waals surface area contributed by atoms with Crippen molar-refractivity contribution in [3.8, 4) is 5.75 Å². The number of rotatable bonds is 6. The van der Waals surface area contributed by atoms with E-state index in [9.17, 15) is 0 Å². The molecule has 18 heavy (non-hydrogen) atoms. The number of nitrogens with one attached hydrogen (secondary N) is 1. The van der Waals surface area contributed by atoms with Crippen molar-refractivity contribution in [1.29, 1.82) is 0 Å². The zero-order valence-corrected chi connectivity index (χ0v) is 10.9. The molecule has 0 bridgehead atoms. The van der Waals surface area contributed by atoms with Gasteiger partial charge in [0.1, 0.15) is 11.9 Å². The fourth-order valence-corrected chi connectivity index (χ4v) is 2.18. The van der Waals surface area contributed by atoms with Gasteiger partial charge in [-0.1, -0.05) is 6.92 Å². The van der Waals surface area contributed by atoms with E-state index in [2.05, 4.69) is 18.3 Å². The minimum atomic E-state index is 0.128. The van der Waals surface area contributed by atoms with Crippen molar-refractivity contribution >= 4 is 5.69 Å². The van der Waals surface area contributed by atoms with Gasteiger partial charge in [0.25, 0.3) is 0 Å². The molecule has 0 saturated carbocycles. The van der Waals surface area contributed by atoms with Crippen molar-refractivity contribution in [2.24, 2.45) is 11.7 Å². The Bertz CT molecular complexity index is 395. The van der Waals surface area contributed by atoms with Crippen LogP contribution in [0.15, 0.2) is 18.2 Å². The predicted molar refractivity (Wildman–Crippen MR) is 73.0 cm³/mol. The SMILES string of the molecule is CC(CCO)CNc1ccc2c(c1)CC(CN)O2. The average Bonchev–Trinajstić information content (AvgIpc) is 2.78. The predicted octanol–water partition coefficient (Wildman–Crippen LogP) is 1.38. The average molecular weight is 250 g/mol. The number of benzene rings is 1. The maximum absolute atomic E-state index is 8.86. The zero-order chi connectivity index (χ0) is 13.0. The van der Waals surface area contributed by atoms with Crippen molar-refractivity contribution in [3.63, 3.8) is 0 Å². The molecule has 1 heterocycles. The largest absolute Gasteiger partial charge is 0.488 e. The standard InChI is InChI=1S/C14H22N2O2/c1-10(4-5-17)9-16-12-2-3-14-11(6-12)7-13(8-15)18-14/h2-3,6,10,13,16-17H,4-5,7-9,15H2,1H3. The molecule has 4 N–H and O–H groups in total. The Morgan fingerprint density at radius 3 is 3.11 bits per heavy atom. The molecular formula is C14H22N2O2. The minimum Gasteiger partial charge on any atom is -0.488 e. The van der Waals surface area contributed by atoms with Gasteiger partial charge in [-0.05, 0) is 36.1 Å². The second kappa shape index (κ2) is 6.07. The second-order valence-corrected chi connectivity index (χ2v) is 5.00. The smallest absolute Gasteiger partial charge is 0.123 e. The lowest BCUT2D eigenvalue weighted by Gasteiger charge is -2.12. The number of aliphatic hydroxyl groups is 1. The van der Waals surface area contributed by atoms with Gasteiger partial charge in [0.15, 0.2) is 0 Å². The molecule has 1 aliphatic rings. The fraction of sp³-hybridized carbons (Fsp3) is 0.571. The maximum atomic E-state index is 8.86. The van der Waals surface area contributed by atoms with Crippen LogP contribution in [0.25, 0.3) is 0 Å². The number of hydrogen-bond acceptors (Lipinski definition) is 4. The number of aliphatic hydroxyl groups excluding tert-OH is 1. The van der Waals surface area contributed by atoms with E-state index in [0.717, 1.165) is 30.8 Å². The lowest BCUT2D eigenvalue weighted by atomic mass is 10.1. The van der Waals surface area contributed by atoms with Crippen LogP contribution >= 0.6 is 0 Å². The monoisotopic (exact) mass is 250 g/mol. The highest BCUT2D eigenvalue weighted by Crippen LogP contribution is 2.30. The minimum absolute atomic E-state index is 0.128. The summed E-state index contributed by atoms with van der Waals surface area (Å²) in [6, 6.07) is 6.17. The summed E-state index contributed by atoms with van der Waals surface area (Å²) < 4.78 is 5.69. The van der Waals surface area contributed by atoms with Crippen molar-refractivity contribution in [2.75, 3.05) is 25.0 Å². The van der Waals surface area contributed by atoms with Gasteiger partial charge >= 0.3 is 0 Å². The van der Waals surface area contributed by atoms with Crippen LogP contribution < -0.4 is 15.8 Å². The molecule has 0 aromatic heterocycles. The Morgan fingerprint density at radius 2 is 2.39 bits per heavy atom. The van der Waals surface area contributed by atoms with Gasteiger partial charge in [-0.15, -0.1) is 0 Å². The summed E-state index contributed by atoms with van der Waals surface area (Å²) >= 11 is 0. The topological polar surface area (TPSA) is 67.5 Å². The Hall–Kier alpha value is -1.26. The molecule has 0 amide bonds. The van der Waals surface area contributed by atoms with E-state index in [1.54, 1.807) is 0 Å². The van der Waals surface area contributed by atoms with Crippen molar-refractivity contribution in [3.05, 3.63) is 23.8 Å². The van der Waals surface area contributed by atoms with Gasteiger partial charge in [0, 0.05) is 31.8 Å². The van der Waals surface area contributed by atoms with Crippen LogP contribution in [0.1, 0.15) is 18.9 Å². The number of ether oxygens (including phenoxy) is 1. The molecule has 1 aromatic carbocycles. The summed E-state index contributed by atoms with van der Waals surface area (Å²) in [6.07, 6.45) is 1.85. The van der Waals surface area contributed by atoms with Gasteiger partial charge in [-0.25, -0.2) is 0 Å². The molecule has 0 spiro atoms. The third kappa shape index (κ3) is 3.15. The first-order valence-electron chi connectivity index (χ1n) is 6.57. The van der Waals surface area contributed by atoms with Crippen molar-refractivity contribution < 1.29 is 9.84 Å². The molecule has 100 valence electrons. The van der Waals surface area contributed by atoms with E-state index in [0.29, 0.717) is 12.5 Å². The van der Waals surface area contributed by atoms with Gasteiger partial charge in [-0.2, -0.15) is 0 Å². The lowest BCUT2D eigenvalue weighted by molar-refractivity contribution is 0.241. The van der Waals surface area contributed by atoms with Crippen LogP contribution in [0, 0.1) is 5.92 Å². The van der Waals surface area contributed by atoms with Gasteiger partial charge in [0.2, 0.25) is 0 Å². The highest BCUT2D eigenvalue weighted by atomic mass is 16.5. The number of hydrogen-bond donors (Lipinski definition) is 3. The molecule has 2 rings (SSSR count). The number of anilines is 1. The Morgan fingerprint density at radius 1 is 1.56 bits per heavy atom. The first-order valence-corrected chi connectivity index (χ1v) is 6.57. The van der Waals surface area contributed by atoms with E-state index in [4.69, 9.17) is 15.6 Å². The molecule has 4 heteroatoms. The van der Waals surface area contributed by atoms with E-state index in [1.165, 1.54) is 5.56 Å². The van der Waals surface area contributed by atoms with Crippen molar-refractivity contribution in [1.82, 2.24) is 0 Å². The molecule has 0 radical (unpaired) electrons. The van der Waals surface area contributed by atoms with Crippen LogP contribution in [0.5, 0.6) is 5.75 Å². The highest BCUT2D eigenvalue weighted by Gasteiger charge is 2.21. The second-order valence-electron chi connectivity index (χ2n) is 5.00. The first-order chi connectivity index (χ1) is 8.72. The van der Waals surface area contributed by atoms with Crippen LogP contribution in [0.4, 0.5) is 5.69 Å². The number of nitrogens with two attached hydrogens (primary N) is 1. The van der Waals surface area contributed by atoms with E-state index in [1.807, 2.05) is 12.1 Å². The summed E-state index contributed by atoms with van der Waals surface area (Å²) in [7, 11) is 0. The zero-order valence-electron chi connectivity index (χ0n) is 10.9. The van der Waals surface area contributed by atoms with Gasteiger partial charge in [0.05, 0.1) is 0 Å². The van der Waals surface area contributed by atoms with E-state index in [-0.39, 0.29) is 12.7 Å². The molecule has 2 atom stereocenters. The summed E-state index contributed by atoms with van der Waals surface area (Å²) in [6.45, 7) is 3.81. The summed E-state index contributed by atoms with van der Waals surface area (Å²) in [5, 5.41) is 12.3. The fourth-order valence-electron chi connectivity index (χ4n) is 2.18. The Labute approximate surface area is 108 Å². The van der Waals surface area contributed by atoms with Gasteiger partial charge in [-0.3, -0.25) is 0 Å². The molecule has 2 unspecified atom stereocenters. The summed E-state index contributed by atoms with van der Waals surface area (Å²) in [4.78, 5) is 0. The molecule has 0 saturated heterocycles. The molecular weight excluding hydrogens is 228 g/mol. The maximum Gasteiger partial charge on any atom is 0.123 e. The summed E-state index contributed by atoms with van der Waals surface area (Å²) in [5.41, 5.74) is 7.96.